The number of nitrogens with one attached hydrogen (secondary N) is 2. The Labute approximate surface area is 232 Å². The van der Waals surface area contributed by atoms with Gasteiger partial charge in [0.1, 0.15) is 24.0 Å². The highest BCUT2D eigenvalue weighted by molar-refractivity contribution is 7.54. The van der Waals surface area contributed by atoms with Crippen LogP contribution in [0, 0.1) is 17.8 Å². The van der Waals surface area contributed by atoms with Gasteiger partial charge in [0.25, 0.3) is 0 Å². The number of nitrogens with two attached hydrogens (primary N) is 1. The van der Waals surface area contributed by atoms with Gasteiger partial charge in [-0.3, -0.25) is 13.9 Å². The molecule has 0 radical (unpaired) electrons. The second-order valence-electron chi connectivity index (χ2n) is 11.1. The number of carbonyl (C=O) groups excluding carboxylic acids is 1. The van der Waals surface area contributed by atoms with Crippen molar-refractivity contribution in [2.45, 2.75) is 82.9 Å². The molecule has 1 saturated carbocycles. The molecule has 9 atom stereocenters. The van der Waals surface area contributed by atoms with E-state index >= 15 is 0 Å². The summed E-state index contributed by atoms with van der Waals surface area (Å²) < 4.78 is 36.6. The normalized spacial score (nSPS) is 29.6. The molecule has 2 aliphatic rings. The molecule has 3 rings (SSSR count). The van der Waals surface area contributed by atoms with Gasteiger partial charge >= 0.3 is 19.3 Å². The Morgan fingerprint density at radius 3 is 2.40 bits per heavy atom. The highest BCUT2D eigenvalue weighted by atomic mass is 31.2. The Kier molecular flexibility index (Phi) is 10.5. The zero-order chi connectivity index (χ0) is 30.0. The van der Waals surface area contributed by atoms with Crippen LogP contribution >= 0.6 is 7.67 Å². The number of aliphatic hydroxyl groups is 3. The van der Waals surface area contributed by atoms with Crippen molar-refractivity contribution in [3.63, 3.8) is 0 Å². The maximum absolute atomic E-state index is 14.2. The molecule has 1 aromatic heterocycles. The molecule has 0 amide bonds. The molecular formula is C24H42N5O10P. The minimum atomic E-state index is -4.16. The first-order chi connectivity index (χ1) is 18.7. The van der Waals surface area contributed by atoms with E-state index < -0.39 is 74.3 Å². The second-order valence-corrected chi connectivity index (χ2v) is 13.0. The van der Waals surface area contributed by atoms with Crippen LogP contribution in [0.15, 0.2) is 17.1 Å². The van der Waals surface area contributed by atoms with Crippen LogP contribution in [0.2, 0.25) is 0 Å². The quantitative estimate of drug-likeness (QED) is 0.0878. The third-order valence-electron chi connectivity index (χ3n) is 6.96. The van der Waals surface area contributed by atoms with Gasteiger partial charge in [0, 0.05) is 13.3 Å². The number of ether oxygens (including phenoxy) is 3. The summed E-state index contributed by atoms with van der Waals surface area (Å²) in [6.07, 6.45) is -1.81. The number of fused-ring (bicyclic) bond motifs is 1. The van der Waals surface area contributed by atoms with Crippen LogP contribution < -0.4 is 21.6 Å². The molecule has 0 aromatic carbocycles. The topological polar surface area (TPSA) is 217 Å². The van der Waals surface area contributed by atoms with E-state index in [1.165, 1.54) is 26.5 Å². The summed E-state index contributed by atoms with van der Waals surface area (Å²) >= 11 is 0. The number of hydrogen-bond acceptors (Lipinski definition) is 12. The van der Waals surface area contributed by atoms with Crippen molar-refractivity contribution >= 4 is 19.5 Å². The zero-order valence-corrected chi connectivity index (χ0v) is 24.5. The van der Waals surface area contributed by atoms with Crippen molar-refractivity contribution in [1.29, 1.82) is 0 Å². The summed E-state index contributed by atoms with van der Waals surface area (Å²) in [4.78, 5) is 28.4. The molecule has 2 fully saturated rings. The predicted octanol–water partition coefficient (Wildman–Crippen LogP) is -0.284. The van der Waals surface area contributed by atoms with Gasteiger partial charge in [-0.15, -0.1) is 0 Å². The number of carbonyl (C=O) groups is 1. The lowest BCUT2D eigenvalue weighted by atomic mass is 10.0. The van der Waals surface area contributed by atoms with Crippen molar-refractivity contribution in [3.8, 4) is 0 Å². The van der Waals surface area contributed by atoms with Gasteiger partial charge in [-0.2, -0.15) is 4.98 Å². The predicted molar refractivity (Wildman–Crippen MR) is 143 cm³/mol. The SMILES string of the molecule is COC(=O)C(CC(C)C)NP(=O)(NC(CC(C)C)C(O)OC)OCC1OC2(O)C(C1O)C2n1ccc(N)nc1=O. The average molecular weight is 592 g/mol. The Balaban J connectivity index is 1.79. The van der Waals surface area contributed by atoms with Crippen molar-refractivity contribution in [2.24, 2.45) is 17.8 Å². The fourth-order valence-corrected chi connectivity index (χ4v) is 6.93. The number of hydrogen-bond donors (Lipinski definition) is 6. The van der Waals surface area contributed by atoms with Gasteiger partial charge in [0.15, 0.2) is 12.1 Å². The summed E-state index contributed by atoms with van der Waals surface area (Å²) in [5.41, 5.74) is 4.82. The lowest BCUT2D eigenvalue weighted by Crippen LogP contribution is -2.47. The Morgan fingerprint density at radius 2 is 1.90 bits per heavy atom. The van der Waals surface area contributed by atoms with Crippen molar-refractivity contribution in [1.82, 2.24) is 19.7 Å². The number of aliphatic hydroxyl groups excluding tert-OH is 2. The van der Waals surface area contributed by atoms with Crippen LogP contribution in [-0.4, -0.2) is 88.0 Å². The molecule has 16 heteroatoms. The summed E-state index contributed by atoms with van der Waals surface area (Å²) in [6, 6.07) is -1.40. The summed E-state index contributed by atoms with van der Waals surface area (Å²) in [5.74, 6) is -3.32. The second kappa shape index (κ2) is 12.9. The molecule has 1 aliphatic carbocycles. The number of rotatable bonds is 15. The van der Waals surface area contributed by atoms with E-state index in [0.717, 1.165) is 4.57 Å². The molecular weight excluding hydrogens is 549 g/mol. The molecule has 0 spiro atoms. The molecule has 1 aliphatic heterocycles. The Bertz CT molecular complexity index is 1140. The molecule has 228 valence electrons. The van der Waals surface area contributed by atoms with Crippen molar-refractivity contribution in [3.05, 3.63) is 22.7 Å². The van der Waals surface area contributed by atoms with Crippen LogP contribution in [0.5, 0.6) is 0 Å². The summed E-state index contributed by atoms with van der Waals surface area (Å²) in [5, 5.41) is 37.8. The van der Waals surface area contributed by atoms with Gasteiger partial charge in [-0.05, 0) is 30.7 Å². The maximum Gasteiger partial charge on any atom is 0.349 e. The maximum atomic E-state index is 14.2. The largest absolute Gasteiger partial charge is 0.468 e. The molecule has 9 unspecified atom stereocenters. The lowest BCUT2D eigenvalue weighted by molar-refractivity contribution is -0.161. The zero-order valence-electron chi connectivity index (χ0n) is 23.6. The number of anilines is 1. The number of nitrogen functional groups attached to an aromatic ring is 1. The Morgan fingerprint density at radius 1 is 1.25 bits per heavy atom. The van der Waals surface area contributed by atoms with Crippen LogP contribution in [0.1, 0.15) is 46.6 Å². The van der Waals surface area contributed by atoms with Crippen LogP contribution in [0.25, 0.3) is 0 Å². The molecule has 1 aromatic rings. The average Bonchev–Trinajstić information content (AvgIpc) is 3.37. The molecule has 40 heavy (non-hydrogen) atoms. The van der Waals surface area contributed by atoms with Gasteiger partial charge in [-0.1, -0.05) is 27.7 Å². The third kappa shape index (κ3) is 7.27. The number of esters is 1. The van der Waals surface area contributed by atoms with Gasteiger partial charge in [-0.25, -0.2) is 15.0 Å². The van der Waals surface area contributed by atoms with Crippen molar-refractivity contribution in [2.75, 3.05) is 26.6 Å². The highest BCUT2D eigenvalue weighted by Gasteiger charge is 2.76. The van der Waals surface area contributed by atoms with Gasteiger partial charge in [0.2, 0.25) is 0 Å². The number of nitrogens with zero attached hydrogens (tertiary/aromatic N) is 2. The molecule has 15 nitrogen and oxygen atoms in total. The van der Waals surface area contributed by atoms with Crippen LogP contribution in [0.4, 0.5) is 5.82 Å². The standard InChI is InChI=1S/C24H42N5O10P/c1-12(2)9-14(21(31)36-5)27-40(35,28-15(10-13(3)4)22(32)37-6)38-11-16-19(30)18-20(24(18,34)39-16)29-8-7-17(25)26-23(29)33/h7-8,12-16,18-21,30-31,34H,9-11H2,1-6H3,(H2,25,26,33)(H2,27,28,35). The van der Waals surface area contributed by atoms with E-state index in [-0.39, 0.29) is 24.1 Å². The molecule has 2 heterocycles. The minimum Gasteiger partial charge on any atom is -0.468 e. The fraction of sp³-hybridized carbons (Fsp3) is 0.792. The van der Waals surface area contributed by atoms with E-state index in [1.807, 2.05) is 27.7 Å². The lowest BCUT2D eigenvalue weighted by Gasteiger charge is -2.32. The van der Waals surface area contributed by atoms with Crippen molar-refractivity contribution < 1.29 is 43.4 Å². The fourth-order valence-electron chi connectivity index (χ4n) is 5.06. The highest BCUT2D eigenvalue weighted by Crippen LogP contribution is 2.62. The number of methoxy groups -OCH3 is 2. The first-order valence-electron chi connectivity index (χ1n) is 13.2. The number of aromatic nitrogens is 2. The van der Waals surface area contributed by atoms with E-state index in [9.17, 15) is 29.5 Å². The van der Waals surface area contributed by atoms with E-state index in [2.05, 4.69) is 15.2 Å². The summed E-state index contributed by atoms with van der Waals surface area (Å²) in [7, 11) is -1.66. The smallest absolute Gasteiger partial charge is 0.349 e. The first kappa shape index (κ1) is 32.6. The van der Waals surface area contributed by atoms with Crippen LogP contribution in [0.3, 0.4) is 0 Å². The van der Waals surface area contributed by atoms with E-state index in [4.69, 9.17) is 24.5 Å². The Hall–Kier alpha value is -1.94. The molecule has 1 saturated heterocycles. The molecule has 0 bridgehead atoms. The van der Waals surface area contributed by atoms with Crippen LogP contribution in [-0.2, 0) is 28.1 Å². The third-order valence-corrected chi connectivity index (χ3v) is 8.79. The first-order valence-corrected chi connectivity index (χ1v) is 14.8. The van der Waals surface area contributed by atoms with E-state index in [0.29, 0.717) is 6.42 Å². The minimum absolute atomic E-state index is 0.0135. The van der Waals surface area contributed by atoms with Gasteiger partial charge in [0.05, 0.1) is 31.8 Å². The van der Waals surface area contributed by atoms with Gasteiger partial charge < -0.3 is 39.8 Å². The summed E-state index contributed by atoms with van der Waals surface area (Å²) in [6.45, 7) is 7.09. The van der Waals surface area contributed by atoms with E-state index in [1.54, 1.807) is 0 Å². The molecule has 7 N–H and O–H groups in total. The monoisotopic (exact) mass is 591 g/mol.